The number of nitrogens with two attached hydrogens (primary N) is 1. The minimum atomic E-state index is -0.0507. The lowest BCUT2D eigenvalue weighted by atomic mass is 10.1. The summed E-state index contributed by atoms with van der Waals surface area (Å²) in [5.74, 6) is 0.790. The number of benzene rings is 1. The first-order valence-electron chi connectivity index (χ1n) is 5.90. The van der Waals surface area contributed by atoms with Crippen LogP contribution < -0.4 is 10.5 Å². The molecule has 0 spiro atoms. The topological polar surface area (TPSA) is 80.7 Å². The fourth-order valence-electron chi connectivity index (χ4n) is 1.76. The highest BCUT2D eigenvalue weighted by atomic mass is 35.5. The van der Waals surface area contributed by atoms with E-state index in [-0.39, 0.29) is 11.7 Å². The van der Waals surface area contributed by atoms with Gasteiger partial charge in [-0.1, -0.05) is 22.8 Å². The van der Waals surface area contributed by atoms with E-state index in [2.05, 4.69) is 10.1 Å². The van der Waals surface area contributed by atoms with Crippen LogP contribution in [0.25, 0.3) is 0 Å². The van der Waals surface area contributed by atoms with Gasteiger partial charge in [-0.25, -0.2) is 4.98 Å². The number of hydrogen-bond acceptors (Lipinski definition) is 4. The van der Waals surface area contributed by atoms with Crippen LogP contribution >= 0.6 is 11.6 Å². The van der Waals surface area contributed by atoms with E-state index >= 15 is 0 Å². The summed E-state index contributed by atoms with van der Waals surface area (Å²) in [4.78, 5) is 4.14. The van der Waals surface area contributed by atoms with Crippen LogP contribution in [-0.4, -0.2) is 16.0 Å². The Morgan fingerprint density at radius 1 is 1.30 bits per heavy atom. The molecule has 104 valence electrons. The molecule has 0 aliphatic carbocycles. The SMILES string of the molecule is Cc1ccc(Cl)cc1Oc1nccc(C)c1/C(N)=N/O. The predicted octanol–water partition coefficient (Wildman–Crippen LogP) is 3.24. The second kappa shape index (κ2) is 5.79. The first kappa shape index (κ1) is 14.1. The molecule has 3 N–H and O–H groups in total. The van der Waals surface area contributed by atoms with Crippen molar-refractivity contribution in [3.63, 3.8) is 0 Å². The van der Waals surface area contributed by atoms with Gasteiger partial charge in [0.25, 0.3) is 0 Å². The largest absolute Gasteiger partial charge is 0.438 e. The molecule has 0 amide bonds. The van der Waals surface area contributed by atoms with Gasteiger partial charge >= 0.3 is 0 Å². The number of amidine groups is 1. The van der Waals surface area contributed by atoms with Crippen LogP contribution in [0.1, 0.15) is 16.7 Å². The fourth-order valence-corrected chi connectivity index (χ4v) is 1.92. The number of aromatic nitrogens is 1. The Morgan fingerprint density at radius 3 is 2.75 bits per heavy atom. The lowest BCUT2D eigenvalue weighted by molar-refractivity contribution is 0.318. The molecule has 20 heavy (non-hydrogen) atoms. The Balaban J connectivity index is 2.49. The maximum absolute atomic E-state index is 8.86. The number of oxime groups is 1. The summed E-state index contributed by atoms with van der Waals surface area (Å²) in [5, 5.41) is 12.4. The van der Waals surface area contributed by atoms with Gasteiger partial charge in [0.15, 0.2) is 5.84 Å². The highest BCUT2D eigenvalue weighted by Crippen LogP contribution is 2.29. The second-order valence-electron chi connectivity index (χ2n) is 4.31. The fraction of sp³-hybridized carbons (Fsp3) is 0.143. The van der Waals surface area contributed by atoms with Crippen molar-refractivity contribution in [2.75, 3.05) is 0 Å². The zero-order valence-corrected chi connectivity index (χ0v) is 11.8. The normalized spacial score (nSPS) is 11.4. The second-order valence-corrected chi connectivity index (χ2v) is 4.74. The number of aryl methyl sites for hydroxylation is 2. The lowest BCUT2D eigenvalue weighted by Gasteiger charge is -2.13. The quantitative estimate of drug-likeness (QED) is 0.394. The smallest absolute Gasteiger partial charge is 0.230 e. The molecule has 0 aliphatic heterocycles. The van der Waals surface area contributed by atoms with Gasteiger partial charge in [0.1, 0.15) is 5.75 Å². The van der Waals surface area contributed by atoms with Gasteiger partial charge in [0.2, 0.25) is 5.88 Å². The Hall–Kier alpha value is -2.27. The van der Waals surface area contributed by atoms with Crippen molar-refractivity contribution in [2.45, 2.75) is 13.8 Å². The van der Waals surface area contributed by atoms with E-state index in [0.717, 1.165) is 11.1 Å². The van der Waals surface area contributed by atoms with E-state index in [1.807, 2.05) is 19.9 Å². The van der Waals surface area contributed by atoms with Gasteiger partial charge in [-0.05, 0) is 43.2 Å². The molecule has 1 aromatic carbocycles. The minimum Gasteiger partial charge on any atom is -0.438 e. The van der Waals surface area contributed by atoms with E-state index < -0.39 is 0 Å². The molecule has 5 nitrogen and oxygen atoms in total. The summed E-state index contributed by atoms with van der Waals surface area (Å²) >= 11 is 5.96. The van der Waals surface area contributed by atoms with Gasteiger partial charge < -0.3 is 15.7 Å². The third kappa shape index (κ3) is 2.83. The van der Waals surface area contributed by atoms with Crippen LogP contribution in [0.4, 0.5) is 0 Å². The molecule has 2 rings (SSSR count). The Bertz CT molecular complexity index is 671. The summed E-state index contributed by atoms with van der Waals surface area (Å²) in [6.07, 6.45) is 1.60. The Morgan fingerprint density at radius 2 is 2.05 bits per heavy atom. The minimum absolute atomic E-state index is 0.0507. The molecular weight excluding hydrogens is 278 g/mol. The monoisotopic (exact) mass is 291 g/mol. The van der Waals surface area contributed by atoms with E-state index in [1.165, 1.54) is 0 Å². The lowest BCUT2D eigenvalue weighted by Crippen LogP contribution is -2.16. The number of pyridine rings is 1. The first-order chi connectivity index (χ1) is 9.52. The number of halogens is 1. The molecule has 0 bridgehead atoms. The highest BCUT2D eigenvalue weighted by Gasteiger charge is 2.15. The van der Waals surface area contributed by atoms with E-state index in [1.54, 1.807) is 24.4 Å². The van der Waals surface area contributed by atoms with Gasteiger partial charge in [-0.15, -0.1) is 0 Å². The molecule has 6 heteroatoms. The summed E-state index contributed by atoms with van der Waals surface area (Å²) in [7, 11) is 0. The summed E-state index contributed by atoms with van der Waals surface area (Å²) < 4.78 is 5.76. The van der Waals surface area contributed by atoms with Crippen LogP contribution in [0.3, 0.4) is 0 Å². The van der Waals surface area contributed by atoms with Gasteiger partial charge in [-0.3, -0.25) is 0 Å². The van der Waals surface area contributed by atoms with E-state index in [0.29, 0.717) is 16.3 Å². The van der Waals surface area contributed by atoms with E-state index in [4.69, 9.17) is 27.3 Å². The van der Waals surface area contributed by atoms with Crippen molar-refractivity contribution < 1.29 is 9.94 Å². The molecule has 0 saturated carbocycles. The molecule has 0 unspecified atom stereocenters. The van der Waals surface area contributed by atoms with Crippen molar-refractivity contribution in [3.05, 3.63) is 52.2 Å². The van der Waals surface area contributed by atoms with Crippen molar-refractivity contribution in [1.82, 2.24) is 4.98 Å². The summed E-state index contributed by atoms with van der Waals surface area (Å²) in [6, 6.07) is 7.07. The predicted molar refractivity (Wildman–Crippen MR) is 77.7 cm³/mol. The van der Waals surface area contributed by atoms with Crippen LogP contribution in [0.15, 0.2) is 35.6 Å². The van der Waals surface area contributed by atoms with Crippen LogP contribution in [0.2, 0.25) is 5.02 Å². The molecule has 1 heterocycles. The zero-order chi connectivity index (χ0) is 14.7. The maximum Gasteiger partial charge on any atom is 0.230 e. The van der Waals surface area contributed by atoms with Crippen molar-refractivity contribution in [3.8, 4) is 11.6 Å². The molecule has 0 fully saturated rings. The molecular formula is C14H14ClN3O2. The van der Waals surface area contributed by atoms with Gasteiger partial charge in [-0.2, -0.15) is 0 Å². The zero-order valence-electron chi connectivity index (χ0n) is 11.1. The molecule has 0 radical (unpaired) electrons. The van der Waals surface area contributed by atoms with Crippen LogP contribution in [0.5, 0.6) is 11.6 Å². The molecule has 0 saturated heterocycles. The molecule has 0 atom stereocenters. The van der Waals surface area contributed by atoms with Crippen molar-refractivity contribution in [2.24, 2.45) is 10.9 Å². The van der Waals surface area contributed by atoms with Crippen LogP contribution in [0, 0.1) is 13.8 Å². The Labute approximate surface area is 121 Å². The van der Waals surface area contributed by atoms with Crippen LogP contribution in [-0.2, 0) is 0 Å². The van der Waals surface area contributed by atoms with Crippen molar-refractivity contribution >= 4 is 17.4 Å². The molecule has 1 aromatic heterocycles. The average Bonchev–Trinajstić information content (AvgIpc) is 2.42. The summed E-state index contributed by atoms with van der Waals surface area (Å²) in [5.41, 5.74) is 7.83. The standard InChI is InChI=1S/C14H14ClN3O2/c1-8-3-4-10(15)7-11(8)20-14-12(13(16)18-19)9(2)5-6-17-14/h3-7,19H,1-2H3,(H2,16,18). The third-order valence-electron chi connectivity index (χ3n) is 2.85. The van der Waals surface area contributed by atoms with Crippen molar-refractivity contribution in [1.29, 1.82) is 0 Å². The van der Waals surface area contributed by atoms with Gasteiger partial charge in [0, 0.05) is 11.2 Å². The van der Waals surface area contributed by atoms with Gasteiger partial charge in [0.05, 0.1) is 5.56 Å². The highest BCUT2D eigenvalue weighted by molar-refractivity contribution is 6.30. The number of hydrogen-bond donors (Lipinski definition) is 2. The number of ether oxygens (including phenoxy) is 1. The average molecular weight is 292 g/mol. The third-order valence-corrected chi connectivity index (χ3v) is 3.08. The molecule has 2 aromatic rings. The number of rotatable bonds is 3. The Kier molecular flexibility index (Phi) is 4.10. The number of nitrogens with zero attached hydrogens (tertiary/aromatic N) is 2. The molecule has 0 aliphatic rings. The van der Waals surface area contributed by atoms with E-state index in [9.17, 15) is 0 Å². The summed E-state index contributed by atoms with van der Waals surface area (Å²) in [6.45, 7) is 3.72. The first-order valence-corrected chi connectivity index (χ1v) is 6.28. The maximum atomic E-state index is 8.86.